The molecule has 1 fully saturated rings. The first-order chi connectivity index (χ1) is 14.5. The van der Waals surface area contributed by atoms with Crippen LogP contribution in [0, 0.1) is 12.7 Å². The van der Waals surface area contributed by atoms with Gasteiger partial charge in [0.1, 0.15) is 5.82 Å². The van der Waals surface area contributed by atoms with Crippen LogP contribution in [0.25, 0.3) is 22.8 Å². The second kappa shape index (κ2) is 8.52. The zero-order chi connectivity index (χ0) is 21.1. The average Bonchev–Trinajstić information content (AvgIpc) is 3.26. The van der Waals surface area contributed by atoms with E-state index in [0.717, 1.165) is 24.3 Å². The Hall–Kier alpha value is -3.42. The standard InChI is InChI=1S/C22H24FN5O2/c1-3-24-22(29)28-12-10-27(11-13-28)18-8-6-16(7-9-18)20-25-21(30-26-20)17-5-4-15(2)19(23)14-17/h4-9,14H,3,10-13H2,1-2H3,(H,24,29). The van der Waals surface area contributed by atoms with Crippen molar-refractivity contribution in [3.63, 3.8) is 0 Å². The number of aromatic nitrogens is 2. The molecule has 0 bridgehead atoms. The number of piperazine rings is 1. The van der Waals surface area contributed by atoms with Gasteiger partial charge in [0, 0.05) is 49.5 Å². The average molecular weight is 409 g/mol. The fourth-order valence-electron chi connectivity index (χ4n) is 3.44. The van der Waals surface area contributed by atoms with E-state index in [4.69, 9.17) is 4.52 Å². The van der Waals surface area contributed by atoms with Gasteiger partial charge in [0.2, 0.25) is 5.82 Å². The van der Waals surface area contributed by atoms with E-state index in [0.29, 0.717) is 36.6 Å². The molecule has 1 saturated heterocycles. The lowest BCUT2D eigenvalue weighted by Gasteiger charge is -2.36. The summed E-state index contributed by atoms with van der Waals surface area (Å²) >= 11 is 0. The van der Waals surface area contributed by atoms with Gasteiger partial charge < -0.3 is 19.6 Å². The molecular weight excluding hydrogens is 385 g/mol. The van der Waals surface area contributed by atoms with Gasteiger partial charge in [0.25, 0.3) is 5.89 Å². The summed E-state index contributed by atoms with van der Waals surface area (Å²) in [5, 5.41) is 6.87. The van der Waals surface area contributed by atoms with Gasteiger partial charge in [-0.25, -0.2) is 9.18 Å². The molecule has 2 aromatic carbocycles. The summed E-state index contributed by atoms with van der Waals surface area (Å²) in [6, 6.07) is 12.8. The van der Waals surface area contributed by atoms with Crippen LogP contribution in [0.2, 0.25) is 0 Å². The van der Waals surface area contributed by atoms with Crippen molar-refractivity contribution in [2.75, 3.05) is 37.6 Å². The molecule has 0 aliphatic carbocycles. The van der Waals surface area contributed by atoms with Crippen molar-refractivity contribution in [2.24, 2.45) is 0 Å². The summed E-state index contributed by atoms with van der Waals surface area (Å²) in [5.74, 6) is 0.442. The molecule has 0 unspecified atom stereocenters. The van der Waals surface area contributed by atoms with Crippen molar-refractivity contribution in [3.8, 4) is 22.8 Å². The van der Waals surface area contributed by atoms with Gasteiger partial charge in [-0.05, 0) is 55.8 Å². The van der Waals surface area contributed by atoms with Crippen LogP contribution in [0.1, 0.15) is 12.5 Å². The summed E-state index contributed by atoms with van der Waals surface area (Å²) in [5.41, 5.74) is 3.03. The number of amides is 2. The molecule has 30 heavy (non-hydrogen) atoms. The Morgan fingerprint density at radius 2 is 1.80 bits per heavy atom. The fourth-order valence-corrected chi connectivity index (χ4v) is 3.44. The molecule has 7 nitrogen and oxygen atoms in total. The maximum atomic E-state index is 13.8. The van der Waals surface area contributed by atoms with Gasteiger partial charge in [0.05, 0.1) is 0 Å². The number of halogens is 1. The number of nitrogens with zero attached hydrogens (tertiary/aromatic N) is 4. The molecule has 0 spiro atoms. The number of hydrogen-bond donors (Lipinski definition) is 1. The molecule has 2 heterocycles. The first kappa shape index (κ1) is 19.9. The predicted octanol–water partition coefficient (Wildman–Crippen LogP) is 3.70. The molecule has 0 saturated carbocycles. The van der Waals surface area contributed by atoms with Crippen molar-refractivity contribution in [1.29, 1.82) is 0 Å². The van der Waals surface area contributed by atoms with E-state index in [-0.39, 0.29) is 17.7 Å². The number of nitrogens with one attached hydrogen (secondary N) is 1. The minimum atomic E-state index is -0.302. The zero-order valence-electron chi connectivity index (χ0n) is 17.1. The van der Waals surface area contributed by atoms with Crippen molar-refractivity contribution in [2.45, 2.75) is 13.8 Å². The van der Waals surface area contributed by atoms with Crippen LogP contribution in [0.15, 0.2) is 47.0 Å². The van der Waals surface area contributed by atoms with Gasteiger partial charge in [0.15, 0.2) is 0 Å². The van der Waals surface area contributed by atoms with Gasteiger partial charge in [-0.2, -0.15) is 4.98 Å². The Morgan fingerprint density at radius 3 is 2.47 bits per heavy atom. The van der Waals surface area contributed by atoms with E-state index < -0.39 is 0 Å². The van der Waals surface area contributed by atoms with Gasteiger partial charge in [-0.15, -0.1) is 0 Å². The fraction of sp³-hybridized carbons (Fsp3) is 0.318. The molecule has 1 aromatic heterocycles. The SMILES string of the molecule is CCNC(=O)N1CCN(c2ccc(-c3noc(-c4ccc(C)c(F)c4)n3)cc2)CC1. The highest BCUT2D eigenvalue weighted by atomic mass is 19.1. The van der Waals surface area contributed by atoms with E-state index >= 15 is 0 Å². The molecule has 2 amide bonds. The molecule has 1 aliphatic heterocycles. The van der Waals surface area contributed by atoms with Gasteiger partial charge >= 0.3 is 6.03 Å². The summed E-state index contributed by atoms with van der Waals surface area (Å²) in [7, 11) is 0. The number of carbonyl (C=O) groups is 1. The van der Waals surface area contributed by atoms with Crippen LogP contribution >= 0.6 is 0 Å². The van der Waals surface area contributed by atoms with E-state index in [1.54, 1.807) is 19.1 Å². The third-order valence-electron chi connectivity index (χ3n) is 5.23. The topological polar surface area (TPSA) is 74.5 Å². The largest absolute Gasteiger partial charge is 0.368 e. The van der Waals surface area contributed by atoms with E-state index in [9.17, 15) is 9.18 Å². The highest BCUT2D eigenvalue weighted by Crippen LogP contribution is 2.26. The van der Waals surface area contributed by atoms with Crippen LogP contribution in [-0.2, 0) is 0 Å². The highest BCUT2D eigenvalue weighted by molar-refractivity contribution is 5.74. The quantitative estimate of drug-likeness (QED) is 0.711. The third-order valence-corrected chi connectivity index (χ3v) is 5.23. The molecular formula is C22H24FN5O2. The monoisotopic (exact) mass is 409 g/mol. The number of benzene rings is 2. The highest BCUT2D eigenvalue weighted by Gasteiger charge is 2.21. The third kappa shape index (κ3) is 4.12. The first-order valence-corrected chi connectivity index (χ1v) is 10.0. The van der Waals surface area contributed by atoms with E-state index in [2.05, 4.69) is 20.4 Å². The van der Waals surface area contributed by atoms with Crippen LogP contribution in [0.4, 0.5) is 14.9 Å². The second-order valence-corrected chi connectivity index (χ2v) is 7.24. The van der Waals surface area contributed by atoms with Crippen molar-refractivity contribution in [3.05, 3.63) is 53.8 Å². The Balaban J connectivity index is 1.43. The minimum Gasteiger partial charge on any atom is -0.368 e. The van der Waals surface area contributed by atoms with Crippen LogP contribution in [0.3, 0.4) is 0 Å². The molecule has 3 aromatic rings. The summed E-state index contributed by atoms with van der Waals surface area (Å²) in [4.78, 5) is 20.4. The minimum absolute atomic E-state index is 0.00568. The zero-order valence-corrected chi connectivity index (χ0v) is 17.1. The summed E-state index contributed by atoms with van der Waals surface area (Å²) in [6.07, 6.45) is 0. The molecule has 1 aliphatic rings. The van der Waals surface area contributed by atoms with Crippen molar-refractivity contribution in [1.82, 2.24) is 20.4 Å². The van der Waals surface area contributed by atoms with Crippen molar-refractivity contribution < 1.29 is 13.7 Å². The Bertz CT molecular complexity index is 1030. The molecule has 0 atom stereocenters. The normalized spacial score (nSPS) is 14.1. The lowest BCUT2D eigenvalue weighted by molar-refractivity contribution is 0.195. The molecule has 156 valence electrons. The van der Waals surface area contributed by atoms with E-state index in [1.165, 1.54) is 6.07 Å². The number of anilines is 1. The Labute approximate surface area is 174 Å². The van der Waals surface area contributed by atoms with E-state index in [1.807, 2.05) is 36.1 Å². The maximum Gasteiger partial charge on any atom is 0.317 e. The van der Waals surface area contributed by atoms with Crippen LogP contribution in [0.5, 0.6) is 0 Å². The number of hydrogen-bond acceptors (Lipinski definition) is 5. The van der Waals surface area contributed by atoms with Gasteiger partial charge in [-0.1, -0.05) is 11.2 Å². The number of aryl methyl sites for hydroxylation is 1. The predicted molar refractivity (Wildman–Crippen MR) is 113 cm³/mol. The molecule has 4 rings (SSSR count). The lowest BCUT2D eigenvalue weighted by Crippen LogP contribution is -2.51. The summed E-state index contributed by atoms with van der Waals surface area (Å²) < 4.78 is 19.1. The first-order valence-electron chi connectivity index (χ1n) is 10.0. The van der Waals surface area contributed by atoms with Gasteiger partial charge in [-0.3, -0.25) is 0 Å². The van der Waals surface area contributed by atoms with Crippen LogP contribution < -0.4 is 10.2 Å². The number of urea groups is 1. The summed E-state index contributed by atoms with van der Waals surface area (Å²) in [6.45, 7) is 7.20. The molecule has 8 heteroatoms. The van der Waals surface area contributed by atoms with Crippen molar-refractivity contribution >= 4 is 11.7 Å². The number of rotatable bonds is 4. The second-order valence-electron chi connectivity index (χ2n) is 7.24. The smallest absolute Gasteiger partial charge is 0.317 e. The molecule has 1 N–H and O–H groups in total. The Kier molecular flexibility index (Phi) is 5.65. The maximum absolute atomic E-state index is 13.8. The van der Waals surface area contributed by atoms with Crippen LogP contribution in [-0.4, -0.2) is 53.8 Å². The lowest BCUT2D eigenvalue weighted by atomic mass is 10.1. The Morgan fingerprint density at radius 1 is 1.10 bits per heavy atom. The number of carbonyl (C=O) groups excluding carboxylic acids is 1. The molecule has 0 radical (unpaired) electrons.